The average Bonchev–Trinajstić information content (AvgIpc) is 3.07. The maximum absolute atomic E-state index is 11.8. The maximum Gasteiger partial charge on any atom is 0.321 e. The van der Waals surface area contributed by atoms with Gasteiger partial charge in [0.2, 0.25) is 11.0 Å². The Bertz CT molecular complexity index is 753. The van der Waals surface area contributed by atoms with E-state index in [4.69, 9.17) is 4.74 Å². The fourth-order valence-corrected chi connectivity index (χ4v) is 3.37. The molecule has 0 radical (unpaired) electrons. The number of hydrogen-bond acceptors (Lipinski definition) is 8. The number of ether oxygens (including phenoxy) is 1. The van der Waals surface area contributed by atoms with E-state index >= 15 is 0 Å². The summed E-state index contributed by atoms with van der Waals surface area (Å²) < 4.78 is 5.80. The summed E-state index contributed by atoms with van der Waals surface area (Å²) >= 11 is 2.55. The molecule has 140 valence electrons. The van der Waals surface area contributed by atoms with Crippen LogP contribution < -0.4 is 20.7 Å². The number of urea groups is 1. The number of imide groups is 1. The summed E-state index contributed by atoms with van der Waals surface area (Å²) in [6.45, 7) is 3.83. The van der Waals surface area contributed by atoms with E-state index in [2.05, 4.69) is 26.1 Å². The molecule has 0 fully saturated rings. The Labute approximate surface area is 160 Å². The molecule has 1 aromatic carbocycles. The van der Waals surface area contributed by atoms with E-state index in [9.17, 15) is 9.59 Å². The highest BCUT2D eigenvalue weighted by Crippen LogP contribution is 2.28. The topological polar surface area (TPSA) is 105 Å². The average molecular weight is 396 g/mol. The standard InChI is InChI=1S/C16H21N5O3S2/c1-4-10(2)17-14(23)19-13(22)9-25-16-21-20-15(26-16)18-11-6-5-7-12(8-11)24-3/h5-8,10H,4,9H2,1-3H3,(H,18,20)(H2,17,19,22,23). The highest BCUT2D eigenvalue weighted by Gasteiger charge is 2.12. The van der Waals surface area contributed by atoms with Crippen molar-refractivity contribution in [3.63, 3.8) is 0 Å². The molecule has 2 aromatic rings. The fourth-order valence-electron chi connectivity index (χ4n) is 1.79. The molecule has 8 nitrogen and oxygen atoms in total. The minimum absolute atomic E-state index is 0.0175. The summed E-state index contributed by atoms with van der Waals surface area (Å²) in [6, 6.07) is 6.99. The van der Waals surface area contributed by atoms with Gasteiger partial charge in [-0.05, 0) is 25.5 Å². The molecule has 10 heteroatoms. The molecule has 26 heavy (non-hydrogen) atoms. The molecule has 1 heterocycles. The van der Waals surface area contributed by atoms with E-state index in [0.29, 0.717) is 9.47 Å². The van der Waals surface area contributed by atoms with Crippen LogP contribution in [0.25, 0.3) is 0 Å². The minimum Gasteiger partial charge on any atom is -0.497 e. The number of carbonyl (C=O) groups excluding carboxylic acids is 2. The van der Waals surface area contributed by atoms with Crippen LogP contribution in [0.15, 0.2) is 28.6 Å². The van der Waals surface area contributed by atoms with Gasteiger partial charge in [-0.25, -0.2) is 4.79 Å². The smallest absolute Gasteiger partial charge is 0.321 e. The largest absolute Gasteiger partial charge is 0.497 e. The Hall–Kier alpha value is -2.33. The molecule has 3 N–H and O–H groups in total. The van der Waals surface area contributed by atoms with Crippen molar-refractivity contribution in [1.82, 2.24) is 20.8 Å². The van der Waals surface area contributed by atoms with Crippen molar-refractivity contribution in [2.45, 2.75) is 30.6 Å². The first-order chi connectivity index (χ1) is 12.5. The molecule has 0 saturated carbocycles. The summed E-state index contributed by atoms with van der Waals surface area (Å²) in [5.74, 6) is 0.441. The second-order valence-corrected chi connectivity index (χ2v) is 7.55. The van der Waals surface area contributed by atoms with E-state index in [0.717, 1.165) is 17.9 Å². The number of thioether (sulfide) groups is 1. The van der Waals surface area contributed by atoms with Crippen molar-refractivity contribution in [1.29, 1.82) is 0 Å². The maximum atomic E-state index is 11.8. The molecule has 1 aromatic heterocycles. The highest BCUT2D eigenvalue weighted by atomic mass is 32.2. The van der Waals surface area contributed by atoms with E-state index in [1.54, 1.807) is 7.11 Å². The molecule has 1 unspecified atom stereocenters. The molecule has 2 rings (SSSR count). The first kappa shape index (κ1) is 20.0. The summed E-state index contributed by atoms with van der Waals surface area (Å²) in [5, 5.41) is 16.8. The zero-order valence-electron chi connectivity index (χ0n) is 14.7. The van der Waals surface area contributed by atoms with Gasteiger partial charge in [0.05, 0.1) is 12.9 Å². The van der Waals surface area contributed by atoms with E-state index in [1.165, 1.54) is 23.1 Å². The number of hydrogen-bond donors (Lipinski definition) is 3. The van der Waals surface area contributed by atoms with Crippen molar-refractivity contribution in [2.75, 3.05) is 18.2 Å². The number of anilines is 2. The van der Waals surface area contributed by atoms with Gasteiger partial charge in [0.1, 0.15) is 5.75 Å². The third-order valence-corrected chi connectivity index (χ3v) is 5.27. The van der Waals surface area contributed by atoms with Gasteiger partial charge in [-0.15, -0.1) is 10.2 Å². The second-order valence-electron chi connectivity index (χ2n) is 5.35. The Morgan fingerprint density at radius 1 is 1.35 bits per heavy atom. The van der Waals surface area contributed by atoms with Gasteiger partial charge >= 0.3 is 6.03 Å². The molecule has 0 bridgehead atoms. The van der Waals surface area contributed by atoms with E-state index < -0.39 is 6.03 Å². The summed E-state index contributed by atoms with van der Waals surface area (Å²) in [5.41, 5.74) is 0.830. The number of benzene rings is 1. The van der Waals surface area contributed by atoms with Crippen LogP contribution in [-0.4, -0.2) is 41.0 Å². The second kappa shape index (κ2) is 9.97. The Kier molecular flexibility index (Phi) is 7.67. The lowest BCUT2D eigenvalue weighted by molar-refractivity contribution is -0.117. The van der Waals surface area contributed by atoms with Crippen LogP contribution >= 0.6 is 23.1 Å². The number of nitrogens with zero attached hydrogens (tertiary/aromatic N) is 2. The van der Waals surface area contributed by atoms with Crippen molar-refractivity contribution in [3.8, 4) is 5.75 Å². The Morgan fingerprint density at radius 3 is 2.88 bits per heavy atom. The number of methoxy groups -OCH3 is 1. The molecular formula is C16H21N5O3S2. The van der Waals surface area contributed by atoms with Gasteiger partial charge in [-0.2, -0.15) is 0 Å². The Morgan fingerprint density at radius 2 is 2.15 bits per heavy atom. The van der Waals surface area contributed by atoms with Crippen LogP contribution in [0.5, 0.6) is 5.75 Å². The number of carbonyl (C=O) groups is 2. The zero-order valence-corrected chi connectivity index (χ0v) is 16.4. The van der Waals surface area contributed by atoms with Crippen molar-refractivity contribution in [2.24, 2.45) is 0 Å². The molecule has 0 spiro atoms. The predicted molar refractivity (Wildman–Crippen MR) is 103 cm³/mol. The number of rotatable bonds is 8. The lowest BCUT2D eigenvalue weighted by atomic mass is 10.3. The third-order valence-electron chi connectivity index (χ3n) is 3.30. The first-order valence-corrected chi connectivity index (χ1v) is 9.78. The minimum atomic E-state index is -0.484. The zero-order chi connectivity index (χ0) is 18.9. The lowest BCUT2D eigenvalue weighted by Crippen LogP contribution is -2.43. The summed E-state index contributed by atoms with van der Waals surface area (Å²) in [7, 11) is 1.60. The van der Waals surface area contributed by atoms with Gasteiger partial charge in [0, 0.05) is 17.8 Å². The van der Waals surface area contributed by atoms with Crippen LogP contribution in [-0.2, 0) is 4.79 Å². The number of nitrogens with one attached hydrogen (secondary N) is 3. The summed E-state index contributed by atoms with van der Waals surface area (Å²) in [6.07, 6.45) is 0.796. The van der Waals surface area contributed by atoms with Crippen molar-refractivity contribution >= 4 is 45.9 Å². The van der Waals surface area contributed by atoms with Crippen molar-refractivity contribution < 1.29 is 14.3 Å². The fraction of sp³-hybridized carbons (Fsp3) is 0.375. The molecule has 0 aliphatic rings. The molecule has 0 aliphatic heterocycles. The lowest BCUT2D eigenvalue weighted by Gasteiger charge is -2.11. The van der Waals surface area contributed by atoms with Gasteiger partial charge in [-0.3, -0.25) is 10.1 Å². The van der Waals surface area contributed by atoms with Crippen molar-refractivity contribution in [3.05, 3.63) is 24.3 Å². The quantitative estimate of drug-likeness (QED) is 0.590. The molecule has 1 atom stereocenters. The van der Waals surface area contributed by atoms with Crippen LogP contribution in [0.4, 0.5) is 15.6 Å². The highest BCUT2D eigenvalue weighted by molar-refractivity contribution is 8.01. The van der Waals surface area contributed by atoms with Gasteiger partial charge in [0.25, 0.3) is 0 Å². The van der Waals surface area contributed by atoms with E-state index in [-0.39, 0.29) is 17.7 Å². The first-order valence-electron chi connectivity index (χ1n) is 7.98. The summed E-state index contributed by atoms with van der Waals surface area (Å²) in [4.78, 5) is 23.4. The number of amides is 3. The van der Waals surface area contributed by atoms with Crippen LogP contribution in [0.3, 0.4) is 0 Å². The monoisotopic (exact) mass is 395 g/mol. The van der Waals surface area contributed by atoms with Gasteiger partial charge in [-0.1, -0.05) is 36.1 Å². The SMILES string of the molecule is CCC(C)NC(=O)NC(=O)CSc1nnc(Nc2cccc(OC)c2)s1. The third kappa shape index (κ3) is 6.52. The van der Waals surface area contributed by atoms with Crippen LogP contribution in [0, 0.1) is 0 Å². The normalized spacial score (nSPS) is 11.5. The predicted octanol–water partition coefficient (Wildman–Crippen LogP) is 3.01. The van der Waals surface area contributed by atoms with Crippen LogP contribution in [0.2, 0.25) is 0 Å². The molecule has 3 amide bonds. The molecule has 0 saturated heterocycles. The number of aromatic nitrogens is 2. The van der Waals surface area contributed by atoms with Crippen LogP contribution in [0.1, 0.15) is 20.3 Å². The van der Waals surface area contributed by atoms with Gasteiger partial charge in [0.15, 0.2) is 4.34 Å². The molecular weight excluding hydrogens is 374 g/mol. The van der Waals surface area contributed by atoms with Gasteiger partial charge < -0.3 is 15.4 Å². The molecule has 0 aliphatic carbocycles. The Balaban J connectivity index is 1.80. The van der Waals surface area contributed by atoms with E-state index in [1.807, 2.05) is 38.1 Å².